The minimum atomic E-state index is -0.817. The number of fused-ring (bicyclic) bond motifs is 1. The molecule has 5 rings (SSSR count). The number of nitrogens with zero attached hydrogens (tertiary/aromatic N) is 1. The van der Waals surface area contributed by atoms with Crippen LogP contribution in [-0.4, -0.2) is 41.5 Å². The summed E-state index contributed by atoms with van der Waals surface area (Å²) in [6, 6.07) is 14.8. The summed E-state index contributed by atoms with van der Waals surface area (Å²) in [7, 11) is 0. The fourth-order valence-electron chi connectivity index (χ4n) is 4.47. The van der Waals surface area contributed by atoms with Crippen LogP contribution < -0.4 is 14.2 Å². The molecule has 0 saturated carbocycles. The number of carbonyl (C=O) groups excluding carboxylic acids is 2. The van der Waals surface area contributed by atoms with Crippen LogP contribution in [0.4, 0.5) is 0 Å². The molecule has 2 aliphatic heterocycles. The molecule has 37 heavy (non-hydrogen) atoms. The summed E-state index contributed by atoms with van der Waals surface area (Å²) >= 11 is 0. The van der Waals surface area contributed by atoms with Crippen LogP contribution in [0.1, 0.15) is 43.2 Å². The zero-order valence-corrected chi connectivity index (χ0v) is 20.8. The van der Waals surface area contributed by atoms with Gasteiger partial charge in [-0.25, -0.2) is 0 Å². The van der Waals surface area contributed by atoms with Gasteiger partial charge in [0.2, 0.25) is 0 Å². The Hall–Kier alpha value is -4.20. The lowest BCUT2D eigenvalue weighted by atomic mass is 9.95. The van der Waals surface area contributed by atoms with Gasteiger partial charge in [-0.05, 0) is 60.4 Å². The summed E-state index contributed by atoms with van der Waals surface area (Å²) in [6.45, 7) is 5.76. The molecule has 1 saturated heterocycles. The monoisotopic (exact) mass is 503 g/mol. The second-order valence-electron chi connectivity index (χ2n) is 9.46. The number of hydrogen-bond acceptors (Lipinski definition) is 7. The van der Waals surface area contributed by atoms with Crippen LogP contribution in [0.25, 0.3) is 5.76 Å². The number of likely N-dealkylation sites (tertiary alicyclic amines) is 1. The fourth-order valence-corrected chi connectivity index (χ4v) is 4.47. The molecule has 3 heterocycles. The Morgan fingerprint density at radius 2 is 1.81 bits per heavy atom. The van der Waals surface area contributed by atoms with Gasteiger partial charge in [-0.1, -0.05) is 26.0 Å². The molecular formula is C29H29NO7. The summed E-state index contributed by atoms with van der Waals surface area (Å²) in [5, 5.41) is 11.3. The Labute approximate surface area is 215 Å². The van der Waals surface area contributed by atoms with Gasteiger partial charge in [0, 0.05) is 5.56 Å². The first-order valence-corrected chi connectivity index (χ1v) is 12.4. The van der Waals surface area contributed by atoms with E-state index in [1.54, 1.807) is 30.3 Å². The van der Waals surface area contributed by atoms with Crippen molar-refractivity contribution in [2.24, 2.45) is 5.92 Å². The molecule has 8 heteroatoms. The Bertz CT molecular complexity index is 1310. The molecule has 2 aliphatic rings. The van der Waals surface area contributed by atoms with Gasteiger partial charge in [0.15, 0.2) is 11.5 Å². The number of benzene rings is 2. The molecule has 0 aliphatic carbocycles. The van der Waals surface area contributed by atoms with Crippen molar-refractivity contribution in [1.29, 1.82) is 0 Å². The molecule has 1 N–H and O–H groups in total. The third-order valence-electron chi connectivity index (χ3n) is 6.42. The van der Waals surface area contributed by atoms with Crippen LogP contribution in [0.5, 0.6) is 17.2 Å². The van der Waals surface area contributed by atoms with Crippen molar-refractivity contribution in [2.75, 3.05) is 19.8 Å². The maximum Gasteiger partial charge on any atom is 0.296 e. The van der Waals surface area contributed by atoms with Crippen molar-refractivity contribution in [1.82, 2.24) is 4.90 Å². The molecule has 0 spiro atoms. The van der Waals surface area contributed by atoms with Crippen molar-refractivity contribution in [3.8, 4) is 17.2 Å². The predicted molar refractivity (Wildman–Crippen MR) is 135 cm³/mol. The first-order valence-electron chi connectivity index (χ1n) is 12.4. The van der Waals surface area contributed by atoms with Gasteiger partial charge in [-0.15, -0.1) is 0 Å². The first-order chi connectivity index (χ1) is 17.9. The zero-order chi connectivity index (χ0) is 25.9. The summed E-state index contributed by atoms with van der Waals surface area (Å²) < 4.78 is 22.5. The van der Waals surface area contributed by atoms with Gasteiger partial charge in [0.1, 0.15) is 30.5 Å². The van der Waals surface area contributed by atoms with E-state index in [1.807, 2.05) is 24.3 Å². The first kappa shape index (κ1) is 24.5. The molecule has 1 atom stereocenters. The number of rotatable bonds is 8. The van der Waals surface area contributed by atoms with E-state index >= 15 is 0 Å². The van der Waals surface area contributed by atoms with E-state index in [0.717, 1.165) is 6.42 Å². The number of Topliss-reactive ketones (excluding diaryl/α,β-unsaturated/α-hetero) is 1. The Balaban J connectivity index is 1.53. The fraction of sp³-hybridized carbons (Fsp3) is 0.310. The molecule has 2 aromatic carbocycles. The molecule has 0 bridgehead atoms. The van der Waals surface area contributed by atoms with Gasteiger partial charge >= 0.3 is 0 Å². The van der Waals surface area contributed by atoms with E-state index in [9.17, 15) is 14.7 Å². The SMILES string of the molecule is CC(C)CCOc1ccc(C2/C(=C(/O)c3ccc4c(c3)OCCO4)C(=O)C(=O)N2Cc2ccco2)cc1. The molecule has 8 nitrogen and oxygen atoms in total. The average Bonchev–Trinajstić information content (AvgIpc) is 3.51. The van der Waals surface area contributed by atoms with Gasteiger partial charge in [-0.2, -0.15) is 0 Å². The number of amides is 1. The highest BCUT2D eigenvalue weighted by molar-refractivity contribution is 6.46. The quantitative estimate of drug-likeness (QED) is 0.259. The lowest BCUT2D eigenvalue weighted by Gasteiger charge is -2.25. The van der Waals surface area contributed by atoms with Crippen LogP contribution in [-0.2, 0) is 16.1 Å². The highest BCUT2D eigenvalue weighted by atomic mass is 16.6. The number of ether oxygens (including phenoxy) is 3. The van der Waals surface area contributed by atoms with E-state index in [2.05, 4.69) is 13.8 Å². The van der Waals surface area contributed by atoms with Crippen molar-refractivity contribution in [3.05, 3.63) is 83.3 Å². The van der Waals surface area contributed by atoms with Gasteiger partial charge in [0.25, 0.3) is 11.7 Å². The van der Waals surface area contributed by atoms with Crippen LogP contribution in [0.15, 0.2) is 70.9 Å². The Morgan fingerprint density at radius 3 is 2.51 bits per heavy atom. The minimum Gasteiger partial charge on any atom is -0.507 e. The van der Waals surface area contributed by atoms with E-state index in [0.29, 0.717) is 59.9 Å². The highest BCUT2D eigenvalue weighted by Gasteiger charge is 2.46. The molecular weight excluding hydrogens is 474 g/mol. The summed E-state index contributed by atoms with van der Waals surface area (Å²) in [5.74, 6) is 1.03. The lowest BCUT2D eigenvalue weighted by Crippen LogP contribution is -2.29. The van der Waals surface area contributed by atoms with Gasteiger partial charge in [0.05, 0.1) is 31.0 Å². The smallest absolute Gasteiger partial charge is 0.296 e. The van der Waals surface area contributed by atoms with Crippen molar-refractivity contribution < 1.29 is 33.3 Å². The maximum atomic E-state index is 13.3. The molecule has 1 fully saturated rings. The van der Waals surface area contributed by atoms with Crippen LogP contribution in [0, 0.1) is 5.92 Å². The zero-order valence-electron chi connectivity index (χ0n) is 20.8. The summed E-state index contributed by atoms with van der Waals surface area (Å²) in [5.41, 5.74) is 1.03. The number of hydrogen-bond donors (Lipinski definition) is 1. The van der Waals surface area contributed by atoms with Crippen LogP contribution in [0.2, 0.25) is 0 Å². The van der Waals surface area contributed by atoms with E-state index in [-0.39, 0.29) is 17.9 Å². The maximum absolute atomic E-state index is 13.3. The molecule has 3 aromatic rings. The largest absolute Gasteiger partial charge is 0.507 e. The predicted octanol–water partition coefficient (Wildman–Crippen LogP) is 5.10. The number of aliphatic hydroxyl groups excluding tert-OH is 1. The van der Waals surface area contributed by atoms with E-state index < -0.39 is 17.7 Å². The second kappa shape index (κ2) is 10.4. The standard InChI is InChI=1S/C29H29NO7/c1-18(2)11-13-35-21-8-5-19(6-9-21)26-25(28(32)29(33)30(26)17-22-4-3-12-34-22)27(31)20-7-10-23-24(16-20)37-15-14-36-23/h3-10,12,16,18,26,31H,11,13-15,17H2,1-2H3/b27-25-. The lowest BCUT2D eigenvalue weighted by molar-refractivity contribution is -0.140. The molecule has 1 unspecified atom stereocenters. The number of aliphatic hydroxyl groups is 1. The number of furan rings is 1. The highest BCUT2D eigenvalue weighted by Crippen LogP contribution is 2.42. The molecule has 1 amide bonds. The molecule has 192 valence electrons. The summed E-state index contributed by atoms with van der Waals surface area (Å²) in [6.07, 6.45) is 2.44. The van der Waals surface area contributed by atoms with Gasteiger partial charge in [-0.3, -0.25) is 9.59 Å². The van der Waals surface area contributed by atoms with Gasteiger partial charge < -0.3 is 28.6 Å². The molecule has 0 radical (unpaired) electrons. The van der Waals surface area contributed by atoms with E-state index in [4.69, 9.17) is 18.6 Å². The van der Waals surface area contributed by atoms with Crippen LogP contribution >= 0.6 is 0 Å². The minimum absolute atomic E-state index is 0.00158. The topological polar surface area (TPSA) is 98.4 Å². The Morgan fingerprint density at radius 1 is 1.05 bits per heavy atom. The van der Waals surface area contributed by atoms with Crippen molar-refractivity contribution >= 4 is 17.4 Å². The Kier molecular flexibility index (Phi) is 6.90. The second-order valence-corrected chi connectivity index (χ2v) is 9.46. The van der Waals surface area contributed by atoms with Crippen LogP contribution in [0.3, 0.4) is 0 Å². The van der Waals surface area contributed by atoms with Crippen molar-refractivity contribution in [2.45, 2.75) is 32.9 Å². The number of carbonyl (C=O) groups is 2. The summed E-state index contributed by atoms with van der Waals surface area (Å²) in [4.78, 5) is 27.9. The average molecular weight is 504 g/mol. The third-order valence-corrected chi connectivity index (χ3v) is 6.42. The van der Waals surface area contributed by atoms with E-state index in [1.165, 1.54) is 11.2 Å². The number of ketones is 1. The third kappa shape index (κ3) is 5.05. The van der Waals surface area contributed by atoms with Crippen molar-refractivity contribution in [3.63, 3.8) is 0 Å². The molecule has 1 aromatic heterocycles. The normalized spacial score (nSPS) is 18.5.